The Hall–Kier alpha value is -1.14. The van der Waals surface area contributed by atoms with Crippen LogP contribution < -0.4 is 5.73 Å². The van der Waals surface area contributed by atoms with E-state index in [9.17, 15) is 9.18 Å². The number of benzene rings is 1. The van der Waals surface area contributed by atoms with E-state index in [4.69, 9.17) is 10.5 Å². The fourth-order valence-corrected chi connectivity index (χ4v) is 3.23. The fourth-order valence-electron chi connectivity index (χ4n) is 2.83. The highest BCUT2D eigenvalue weighted by Crippen LogP contribution is 2.26. The van der Waals surface area contributed by atoms with Gasteiger partial charge >= 0.3 is 6.09 Å². The Balaban J connectivity index is 2.21. The van der Waals surface area contributed by atoms with Crippen LogP contribution in [0.1, 0.15) is 39.2 Å². The number of piperidine rings is 1. The minimum atomic E-state index is -0.565. The van der Waals surface area contributed by atoms with Crippen molar-refractivity contribution < 1.29 is 13.9 Å². The highest BCUT2D eigenvalue weighted by Gasteiger charge is 2.35. The van der Waals surface area contributed by atoms with Crippen LogP contribution in [0.4, 0.5) is 9.18 Å². The van der Waals surface area contributed by atoms with Gasteiger partial charge in [0.2, 0.25) is 0 Å². The number of carbonyl (C=O) groups is 1. The van der Waals surface area contributed by atoms with Crippen molar-refractivity contribution in [3.05, 3.63) is 34.1 Å². The molecule has 0 saturated carbocycles. The van der Waals surface area contributed by atoms with Gasteiger partial charge in [-0.15, -0.1) is 0 Å². The standard InChI is InChI=1S/C17H24BrFN2O2/c1-17(2,3)23-16(22)21-9-5-8-13(20)14(21)10-11-6-4-7-12(18)15(11)19/h4,6-7,13-14H,5,8-10,20H2,1-3H3/t13-,14-/m0/s1. The van der Waals surface area contributed by atoms with E-state index >= 15 is 0 Å². The van der Waals surface area contributed by atoms with Gasteiger partial charge in [0.25, 0.3) is 0 Å². The van der Waals surface area contributed by atoms with Crippen molar-refractivity contribution in [2.24, 2.45) is 5.73 Å². The van der Waals surface area contributed by atoms with Crippen molar-refractivity contribution in [3.63, 3.8) is 0 Å². The SMILES string of the molecule is CC(C)(C)OC(=O)N1CCC[C@H](N)[C@@H]1Cc1cccc(Br)c1F. The van der Waals surface area contributed by atoms with Gasteiger partial charge in [-0.05, 0) is 67.6 Å². The van der Waals surface area contributed by atoms with Crippen LogP contribution in [0.3, 0.4) is 0 Å². The summed E-state index contributed by atoms with van der Waals surface area (Å²) in [6, 6.07) is 4.73. The number of ether oxygens (including phenoxy) is 1. The van der Waals surface area contributed by atoms with Crippen LogP contribution in [0.25, 0.3) is 0 Å². The topological polar surface area (TPSA) is 55.6 Å². The van der Waals surface area contributed by atoms with Crippen molar-refractivity contribution >= 4 is 22.0 Å². The molecule has 4 nitrogen and oxygen atoms in total. The first kappa shape index (κ1) is 18.2. The molecule has 0 spiro atoms. The minimum Gasteiger partial charge on any atom is -0.444 e. The van der Waals surface area contributed by atoms with Crippen molar-refractivity contribution in [2.75, 3.05) is 6.54 Å². The lowest BCUT2D eigenvalue weighted by Crippen LogP contribution is -2.56. The third kappa shape index (κ3) is 4.67. The lowest BCUT2D eigenvalue weighted by atomic mass is 9.91. The Kier molecular flexibility index (Phi) is 5.68. The second-order valence-corrected chi connectivity index (χ2v) is 7.82. The molecule has 1 aromatic carbocycles. The third-order valence-electron chi connectivity index (χ3n) is 3.92. The minimum absolute atomic E-state index is 0.186. The average Bonchev–Trinajstić information content (AvgIpc) is 2.44. The van der Waals surface area contributed by atoms with Gasteiger partial charge in [0.1, 0.15) is 11.4 Å². The second kappa shape index (κ2) is 7.18. The average molecular weight is 387 g/mol. The molecule has 1 aliphatic rings. The number of halogens is 2. The predicted octanol–water partition coefficient (Wildman–Crippen LogP) is 3.86. The number of nitrogens with zero attached hydrogens (tertiary/aromatic N) is 1. The highest BCUT2D eigenvalue weighted by atomic mass is 79.9. The monoisotopic (exact) mass is 386 g/mol. The molecule has 0 unspecified atom stereocenters. The van der Waals surface area contributed by atoms with Crippen LogP contribution in [0.5, 0.6) is 0 Å². The summed E-state index contributed by atoms with van der Waals surface area (Å²) in [5.41, 5.74) is 6.21. The van der Waals surface area contributed by atoms with Gasteiger partial charge in [0.05, 0.1) is 10.5 Å². The summed E-state index contributed by atoms with van der Waals surface area (Å²) in [4.78, 5) is 14.1. The van der Waals surface area contributed by atoms with E-state index < -0.39 is 5.60 Å². The molecule has 0 aliphatic carbocycles. The van der Waals surface area contributed by atoms with Gasteiger partial charge in [-0.2, -0.15) is 0 Å². The molecule has 0 bridgehead atoms. The molecule has 1 fully saturated rings. The number of rotatable bonds is 2. The van der Waals surface area contributed by atoms with E-state index in [1.807, 2.05) is 20.8 Å². The number of likely N-dealkylation sites (tertiary alicyclic amines) is 1. The summed E-state index contributed by atoms with van der Waals surface area (Å²) < 4.78 is 20.2. The van der Waals surface area contributed by atoms with E-state index in [0.717, 1.165) is 12.8 Å². The zero-order valence-electron chi connectivity index (χ0n) is 13.8. The molecule has 0 aromatic heterocycles. The lowest BCUT2D eigenvalue weighted by Gasteiger charge is -2.40. The molecule has 1 amide bonds. The Labute approximate surface area is 145 Å². The van der Waals surface area contributed by atoms with E-state index in [1.54, 1.807) is 23.1 Å². The zero-order chi connectivity index (χ0) is 17.2. The number of hydrogen-bond donors (Lipinski definition) is 1. The highest BCUT2D eigenvalue weighted by molar-refractivity contribution is 9.10. The summed E-state index contributed by atoms with van der Waals surface area (Å²) in [5, 5.41) is 0. The van der Waals surface area contributed by atoms with E-state index in [0.29, 0.717) is 23.0 Å². The van der Waals surface area contributed by atoms with Crippen LogP contribution >= 0.6 is 15.9 Å². The number of nitrogens with two attached hydrogens (primary N) is 1. The predicted molar refractivity (Wildman–Crippen MR) is 91.7 cm³/mol. The Morgan fingerprint density at radius 2 is 2.17 bits per heavy atom. The van der Waals surface area contributed by atoms with Gasteiger partial charge in [-0.25, -0.2) is 9.18 Å². The van der Waals surface area contributed by atoms with E-state index in [-0.39, 0.29) is 24.0 Å². The summed E-state index contributed by atoms with van der Waals surface area (Å²) in [5.74, 6) is -0.297. The summed E-state index contributed by atoms with van der Waals surface area (Å²) in [6.45, 7) is 6.08. The molecule has 2 rings (SSSR count). The van der Waals surface area contributed by atoms with Crippen LogP contribution in [-0.2, 0) is 11.2 Å². The molecule has 1 aliphatic heterocycles. The second-order valence-electron chi connectivity index (χ2n) is 6.96. The molecular formula is C17H24BrFN2O2. The first-order valence-electron chi connectivity index (χ1n) is 7.87. The first-order chi connectivity index (χ1) is 10.7. The molecule has 23 heavy (non-hydrogen) atoms. The Bertz CT molecular complexity index is 574. The van der Waals surface area contributed by atoms with Gasteiger partial charge in [-0.3, -0.25) is 0 Å². The van der Waals surface area contributed by atoms with Crippen molar-refractivity contribution in [3.8, 4) is 0 Å². The fraction of sp³-hybridized carbons (Fsp3) is 0.588. The van der Waals surface area contributed by atoms with Crippen molar-refractivity contribution in [2.45, 2.75) is 57.7 Å². The molecule has 6 heteroatoms. The van der Waals surface area contributed by atoms with E-state index in [1.165, 1.54) is 0 Å². The summed E-state index contributed by atoms with van der Waals surface area (Å²) in [7, 11) is 0. The zero-order valence-corrected chi connectivity index (χ0v) is 15.4. The smallest absolute Gasteiger partial charge is 0.410 e. The summed E-state index contributed by atoms with van der Waals surface area (Å²) >= 11 is 3.20. The van der Waals surface area contributed by atoms with Crippen LogP contribution in [0.2, 0.25) is 0 Å². The summed E-state index contributed by atoms with van der Waals surface area (Å²) in [6.07, 6.45) is 1.65. The maximum atomic E-state index is 14.3. The van der Waals surface area contributed by atoms with Crippen LogP contribution in [-0.4, -0.2) is 35.2 Å². The van der Waals surface area contributed by atoms with Crippen LogP contribution in [0.15, 0.2) is 22.7 Å². The van der Waals surface area contributed by atoms with Crippen molar-refractivity contribution in [1.29, 1.82) is 0 Å². The van der Waals surface area contributed by atoms with Gasteiger partial charge in [0, 0.05) is 12.6 Å². The maximum Gasteiger partial charge on any atom is 0.410 e. The lowest BCUT2D eigenvalue weighted by molar-refractivity contribution is 0.00684. The third-order valence-corrected chi connectivity index (χ3v) is 4.53. The number of carbonyl (C=O) groups excluding carboxylic acids is 1. The molecule has 1 heterocycles. The Morgan fingerprint density at radius 3 is 2.83 bits per heavy atom. The Morgan fingerprint density at radius 1 is 1.48 bits per heavy atom. The molecule has 2 atom stereocenters. The molecule has 1 aromatic rings. The first-order valence-corrected chi connectivity index (χ1v) is 8.66. The molecule has 128 valence electrons. The number of hydrogen-bond acceptors (Lipinski definition) is 3. The maximum absolute atomic E-state index is 14.3. The molecule has 2 N–H and O–H groups in total. The molecule has 0 radical (unpaired) electrons. The molecular weight excluding hydrogens is 363 g/mol. The largest absolute Gasteiger partial charge is 0.444 e. The normalized spacial score (nSPS) is 22.1. The van der Waals surface area contributed by atoms with Gasteiger partial charge in [0.15, 0.2) is 0 Å². The number of amides is 1. The van der Waals surface area contributed by atoms with Crippen LogP contribution in [0, 0.1) is 5.82 Å². The quantitative estimate of drug-likeness (QED) is 0.839. The van der Waals surface area contributed by atoms with E-state index in [2.05, 4.69) is 15.9 Å². The van der Waals surface area contributed by atoms with Crippen molar-refractivity contribution in [1.82, 2.24) is 4.90 Å². The van der Waals surface area contributed by atoms with Gasteiger partial charge in [-0.1, -0.05) is 12.1 Å². The molecule has 1 saturated heterocycles. The van der Waals surface area contributed by atoms with Gasteiger partial charge < -0.3 is 15.4 Å².